The van der Waals surface area contributed by atoms with Crippen LogP contribution < -0.4 is 15.3 Å². The average Bonchev–Trinajstić information content (AvgIpc) is 3.02. The lowest BCUT2D eigenvalue weighted by Crippen LogP contribution is -2.50. The van der Waals surface area contributed by atoms with Gasteiger partial charge in [-0.25, -0.2) is 4.57 Å². The lowest BCUT2D eigenvalue weighted by atomic mass is 10.1. The van der Waals surface area contributed by atoms with Gasteiger partial charge in [0.25, 0.3) is 0 Å². The molecular weight excluding hydrogens is 340 g/mol. The molecule has 3 rings (SSSR count). The number of fused-ring (bicyclic) bond motifs is 1. The number of thiazole rings is 1. The molecule has 24 heavy (non-hydrogen) atoms. The Bertz CT molecular complexity index is 808. The highest BCUT2D eigenvalue weighted by Crippen LogP contribution is 2.34. The van der Waals surface area contributed by atoms with Gasteiger partial charge in [-0.1, -0.05) is 18.3 Å². The number of hydrogen-bond acceptors (Lipinski definition) is 10. The maximum Gasteiger partial charge on any atom is 0.312 e. The zero-order chi connectivity index (χ0) is 17.5. The molecule has 2 aromatic heterocycles. The highest BCUT2D eigenvalue weighted by Gasteiger charge is 2.51. The zero-order valence-electron chi connectivity index (χ0n) is 12.9. The lowest BCUT2D eigenvalue weighted by Gasteiger charge is -2.27. The van der Waals surface area contributed by atoms with E-state index in [9.17, 15) is 20.1 Å². The summed E-state index contributed by atoms with van der Waals surface area (Å²) in [5, 5.41) is 30.2. The van der Waals surface area contributed by atoms with Crippen LogP contribution in [-0.4, -0.2) is 61.9 Å². The molecule has 132 valence electrons. The van der Waals surface area contributed by atoms with E-state index < -0.39 is 29.4 Å². The molecule has 1 aliphatic rings. The number of rotatable bonds is 5. The maximum absolute atomic E-state index is 12.4. The second-order valence-corrected chi connectivity index (χ2v) is 6.41. The van der Waals surface area contributed by atoms with Gasteiger partial charge in [-0.2, -0.15) is 9.97 Å². The minimum atomic E-state index is -2.06. The second-order valence-electron chi connectivity index (χ2n) is 5.45. The predicted octanol–water partition coefficient (Wildman–Crippen LogP) is -1.38. The molecule has 0 radical (unpaired) electrons. The summed E-state index contributed by atoms with van der Waals surface area (Å²) in [6.07, 6.45) is -1.78. The molecule has 11 heteroatoms. The van der Waals surface area contributed by atoms with E-state index in [4.69, 9.17) is 15.2 Å². The van der Waals surface area contributed by atoms with Crippen LogP contribution in [0.2, 0.25) is 0 Å². The Morgan fingerprint density at radius 3 is 2.92 bits per heavy atom. The molecule has 0 spiro atoms. The van der Waals surface area contributed by atoms with Crippen LogP contribution in [0.15, 0.2) is 4.79 Å². The van der Waals surface area contributed by atoms with Crippen LogP contribution in [0.4, 0.5) is 5.95 Å². The molecule has 0 amide bonds. The minimum absolute atomic E-state index is 0.0485. The minimum Gasteiger partial charge on any atom is -0.476 e. The van der Waals surface area contributed by atoms with E-state index in [2.05, 4.69) is 9.97 Å². The Labute approximate surface area is 140 Å². The van der Waals surface area contributed by atoms with Crippen molar-refractivity contribution in [1.82, 2.24) is 14.5 Å². The SMILES string of the molecule is CCCOc1nc(N)nc2c1sc(=O)n2[C@@]1(O)CO[C@H](CO)[C@H]1O. The van der Waals surface area contributed by atoms with Crippen molar-refractivity contribution < 1.29 is 24.8 Å². The topological polar surface area (TPSA) is 153 Å². The number of aliphatic hydroxyl groups is 3. The third kappa shape index (κ3) is 2.54. The first-order valence-electron chi connectivity index (χ1n) is 7.37. The Hall–Kier alpha value is -1.79. The Balaban J connectivity index is 2.17. The van der Waals surface area contributed by atoms with Gasteiger partial charge >= 0.3 is 4.87 Å². The molecule has 10 nitrogen and oxygen atoms in total. The molecule has 3 heterocycles. The lowest BCUT2D eigenvalue weighted by molar-refractivity contribution is -0.111. The summed E-state index contributed by atoms with van der Waals surface area (Å²) in [6.45, 7) is 1.42. The van der Waals surface area contributed by atoms with Crippen LogP contribution in [0.1, 0.15) is 13.3 Å². The summed E-state index contributed by atoms with van der Waals surface area (Å²) in [4.78, 5) is 19.9. The van der Waals surface area contributed by atoms with E-state index in [0.717, 1.165) is 22.3 Å². The van der Waals surface area contributed by atoms with E-state index in [1.165, 1.54) is 0 Å². The molecule has 1 aliphatic heterocycles. The molecule has 0 saturated carbocycles. The molecule has 1 fully saturated rings. The normalized spacial score (nSPS) is 27.0. The molecule has 5 N–H and O–H groups in total. The van der Waals surface area contributed by atoms with E-state index in [0.29, 0.717) is 11.3 Å². The zero-order valence-corrected chi connectivity index (χ0v) is 13.7. The van der Waals surface area contributed by atoms with Crippen molar-refractivity contribution in [2.75, 3.05) is 25.6 Å². The van der Waals surface area contributed by atoms with E-state index in [-0.39, 0.29) is 24.1 Å². The predicted molar refractivity (Wildman–Crippen MR) is 84.9 cm³/mol. The summed E-state index contributed by atoms with van der Waals surface area (Å²) in [5.74, 6) is 0.0202. The van der Waals surface area contributed by atoms with Gasteiger partial charge in [0.05, 0.1) is 19.8 Å². The Kier molecular flexibility index (Phi) is 4.44. The van der Waals surface area contributed by atoms with E-state index >= 15 is 0 Å². The van der Waals surface area contributed by atoms with E-state index in [1.54, 1.807) is 0 Å². The number of ether oxygens (including phenoxy) is 2. The number of nitrogens with zero attached hydrogens (tertiary/aromatic N) is 3. The Morgan fingerprint density at radius 1 is 1.54 bits per heavy atom. The smallest absolute Gasteiger partial charge is 0.312 e. The maximum atomic E-state index is 12.4. The molecule has 0 unspecified atom stereocenters. The summed E-state index contributed by atoms with van der Waals surface area (Å²) in [7, 11) is 0. The fraction of sp³-hybridized carbons (Fsp3) is 0.615. The largest absolute Gasteiger partial charge is 0.476 e. The average molecular weight is 358 g/mol. The van der Waals surface area contributed by atoms with Crippen molar-refractivity contribution in [1.29, 1.82) is 0 Å². The quantitative estimate of drug-likeness (QED) is 0.506. The number of hydrogen-bond donors (Lipinski definition) is 4. The van der Waals surface area contributed by atoms with Crippen LogP contribution in [0.5, 0.6) is 5.88 Å². The van der Waals surface area contributed by atoms with Crippen molar-refractivity contribution in [3.63, 3.8) is 0 Å². The van der Waals surface area contributed by atoms with Gasteiger partial charge in [0.1, 0.15) is 16.9 Å². The van der Waals surface area contributed by atoms with Crippen LogP contribution in [-0.2, 0) is 10.5 Å². The molecule has 1 saturated heterocycles. The molecular formula is C13H18N4O6S. The van der Waals surface area contributed by atoms with Gasteiger partial charge in [0.2, 0.25) is 11.8 Å². The van der Waals surface area contributed by atoms with Gasteiger partial charge < -0.3 is 30.5 Å². The molecule has 0 bridgehead atoms. The Morgan fingerprint density at radius 2 is 2.29 bits per heavy atom. The van der Waals surface area contributed by atoms with Gasteiger partial charge in [0.15, 0.2) is 11.4 Å². The summed E-state index contributed by atoms with van der Waals surface area (Å²) >= 11 is 0.773. The molecule has 0 aromatic carbocycles. The van der Waals surface area contributed by atoms with Crippen LogP contribution >= 0.6 is 11.3 Å². The fourth-order valence-electron chi connectivity index (χ4n) is 2.59. The van der Waals surface area contributed by atoms with E-state index in [1.807, 2.05) is 6.92 Å². The molecule has 2 aromatic rings. The van der Waals surface area contributed by atoms with Crippen LogP contribution in [0.25, 0.3) is 10.3 Å². The van der Waals surface area contributed by atoms with Crippen LogP contribution in [0, 0.1) is 0 Å². The summed E-state index contributed by atoms with van der Waals surface area (Å²) < 4.78 is 11.9. The highest BCUT2D eigenvalue weighted by atomic mass is 32.1. The molecule has 3 atom stereocenters. The number of aromatic nitrogens is 3. The number of nitrogens with two attached hydrogens (primary N) is 1. The number of anilines is 1. The summed E-state index contributed by atoms with van der Waals surface area (Å²) in [6, 6.07) is 0. The third-order valence-electron chi connectivity index (χ3n) is 3.76. The summed E-state index contributed by atoms with van der Waals surface area (Å²) in [5.41, 5.74) is 3.66. The van der Waals surface area contributed by atoms with Gasteiger partial charge in [-0.15, -0.1) is 0 Å². The van der Waals surface area contributed by atoms with Crippen molar-refractivity contribution in [2.24, 2.45) is 0 Å². The number of nitrogen functional groups attached to an aromatic ring is 1. The van der Waals surface area contributed by atoms with Crippen molar-refractivity contribution in [3.8, 4) is 5.88 Å². The van der Waals surface area contributed by atoms with Crippen molar-refractivity contribution >= 4 is 27.6 Å². The number of aliphatic hydroxyl groups excluding tert-OH is 2. The van der Waals surface area contributed by atoms with Gasteiger partial charge in [-0.3, -0.25) is 4.79 Å². The first-order valence-corrected chi connectivity index (χ1v) is 8.19. The first-order chi connectivity index (χ1) is 11.4. The van der Waals surface area contributed by atoms with Crippen molar-refractivity contribution in [3.05, 3.63) is 9.67 Å². The standard InChI is InChI=1S/C13H18N4O6S/c1-2-3-22-10-7-9(15-11(14)16-10)17(12(20)24-7)13(21)5-23-6(4-18)8(13)19/h6,8,18-19,21H,2-5H2,1H3,(H2,14,15,16)/t6-,8-,13-/m1/s1. The highest BCUT2D eigenvalue weighted by molar-refractivity contribution is 7.16. The monoisotopic (exact) mass is 358 g/mol. The fourth-order valence-corrected chi connectivity index (χ4v) is 3.52. The third-order valence-corrected chi connectivity index (χ3v) is 4.68. The second kappa shape index (κ2) is 6.26. The molecule has 0 aliphatic carbocycles. The first kappa shape index (κ1) is 17.0. The van der Waals surface area contributed by atoms with Gasteiger partial charge in [-0.05, 0) is 6.42 Å². The van der Waals surface area contributed by atoms with Crippen LogP contribution in [0.3, 0.4) is 0 Å². The van der Waals surface area contributed by atoms with Gasteiger partial charge in [0, 0.05) is 0 Å². The van der Waals surface area contributed by atoms with Crippen molar-refractivity contribution in [2.45, 2.75) is 31.3 Å².